The molecule has 11 rings (SSSR count). The number of aromatic nitrogens is 9. The smallest absolute Gasteiger partial charge is 0.181 e. The van der Waals surface area contributed by atoms with Crippen LogP contribution in [0.3, 0.4) is 0 Å². The Morgan fingerprint density at radius 2 is 1.21 bits per heavy atom. The lowest BCUT2D eigenvalue weighted by atomic mass is 9.98. The van der Waals surface area contributed by atoms with Gasteiger partial charge in [0.1, 0.15) is 17.3 Å². The molecule has 0 atom stereocenters. The van der Waals surface area contributed by atoms with Crippen molar-refractivity contribution in [2.75, 3.05) is 41.3 Å². The van der Waals surface area contributed by atoms with Crippen molar-refractivity contribution in [2.24, 2.45) is 0 Å². The molecule has 0 saturated heterocycles. The molecule has 13 heteroatoms. The first-order chi connectivity index (χ1) is 37.9. The first-order valence-electron chi connectivity index (χ1n) is 26.6. The van der Waals surface area contributed by atoms with Crippen LogP contribution in [0, 0.1) is 18.6 Å². The number of hydrogen-bond acceptors (Lipinski definition) is 7. The highest BCUT2D eigenvalue weighted by Crippen LogP contribution is 2.36. The highest BCUT2D eigenvalue weighted by molar-refractivity contribution is 6.02. The molecule has 0 aliphatic heterocycles. The van der Waals surface area contributed by atoms with Gasteiger partial charge in [-0.2, -0.15) is 10.2 Å². The molecule has 0 aliphatic carbocycles. The van der Waals surface area contributed by atoms with Crippen LogP contribution in [0.15, 0.2) is 146 Å². The van der Waals surface area contributed by atoms with Crippen LogP contribution in [0.25, 0.3) is 107 Å². The van der Waals surface area contributed by atoms with Gasteiger partial charge >= 0.3 is 0 Å². The molecule has 4 aromatic carbocycles. The normalized spacial score (nSPS) is 11.9. The molecule has 4 N–H and O–H groups in total. The first kappa shape index (κ1) is 54.2. The highest BCUT2D eigenvalue weighted by Gasteiger charge is 2.17. The third-order valence-corrected chi connectivity index (χ3v) is 13.7. The highest BCUT2D eigenvalue weighted by atomic mass is 19.1. The van der Waals surface area contributed by atoms with Crippen molar-refractivity contribution in [3.05, 3.63) is 191 Å². The number of pyridine rings is 3. The van der Waals surface area contributed by atoms with E-state index in [0.717, 1.165) is 161 Å². The molecule has 0 spiro atoms. The summed E-state index contributed by atoms with van der Waals surface area (Å²) in [5.41, 5.74) is 17.0. The van der Waals surface area contributed by atoms with Gasteiger partial charge in [-0.1, -0.05) is 62.9 Å². The molecule has 396 valence electrons. The quantitative estimate of drug-likeness (QED) is 0.0803. The Morgan fingerprint density at radius 3 is 1.79 bits per heavy atom. The summed E-state index contributed by atoms with van der Waals surface area (Å²) in [7, 11) is 8.22. The Balaban J connectivity index is 0.000000184. The second-order valence-corrected chi connectivity index (χ2v) is 19.9. The maximum atomic E-state index is 14.7. The molecule has 7 aromatic heterocycles. The monoisotopic (exact) mass is 1040 g/mol. The average Bonchev–Trinajstić information content (AvgIpc) is 4.34. The summed E-state index contributed by atoms with van der Waals surface area (Å²) < 4.78 is 29.3. The van der Waals surface area contributed by atoms with Crippen LogP contribution in [0.1, 0.15) is 55.9 Å². The minimum Gasteiger partial charge on any atom is -0.353 e. The summed E-state index contributed by atoms with van der Waals surface area (Å²) in [6.45, 7) is 14.2. The Morgan fingerprint density at radius 1 is 0.615 bits per heavy atom. The zero-order valence-electron chi connectivity index (χ0n) is 45.8. The van der Waals surface area contributed by atoms with Crippen molar-refractivity contribution in [1.82, 2.24) is 55.1 Å². The number of aryl methyl sites for hydroxylation is 3. The minimum atomic E-state index is -0.212. The molecule has 0 bridgehead atoms. The number of nitrogens with one attached hydrogen (secondary N) is 4. The minimum absolute atomic E-state index is 0.209. The number of allylic oxidation sites excluding steroid dienone is 2. The summed E-state index contributed by atoms with van der Waals surface area (Å²) >= 11 is 0. The van der Waals surface area contributed by atoms with E-state index in [1.54, 1.807) is 36.7 Å². The van der Waals surface area contributed by atoms with Gasteiger partial charge in [0, 0.05) is 74.5 Å². The molecule has 0 saturated carbocycles. The summed E-state index contributed by atoms with van der Waals surface area (Å²) in [5, 5.41) is 19.9. The first-order valence-corrected chi connectivity index (χ1v) is 26.6. The number of rotatable bonds is 15. The third kappa shape index (κ3) is 12.4. The van der Waals surface area contributed by atoms with E-state index >= 15 is 0 Å². The fourth-order valence-electron chi connectivity index (χ4n) is 9.93. The Hall–Kier alpha value is -8.65. The second kappa shape index (κ2) is 24.6. The van der Waals surface area contributed by atoms with E-state index in [2.05, 4.69) is 138 Å². The van der Waals surface area contributed by atoms with Gasteiger partial charge in [0.15, 0.2) is 5.65 Å². The number of H-pyrrole nitrogens is 4. The predicted octanol–water partition coefficient (Wildman–Crippen LogP) is 13.4. The van der Waals surface area contributed by atoms with E-state index in [-0.39, 0.29) is 11.6 Å². The topological polar surface area (TPSA) is 134 Å². The molecule has 0 radical (unpaired) electrons. The van der Waals surface area contributed by atoms with Gasteiger partial charge in [-0.15, -0.1) is 0 Å². The molecule has 7 heterocycles. The van der Waals surface area contributed by atoms with Crippen LogP contribution < -0.4 is 10.6 Å². The number of benzene rings is 4. The van der Waals surface area contributed by atoms with Crippen molar-refractivity contribution in [3.63, 3.8) is 0 Å². The lowest BCUT2D eigenvalue weighted by Crippen LogP contribution is -2.22. The molecule has 11 aromatic rings. The zero-order chi connectivity index (χ0) is 54.9. The van der Waals surface area contributed by atoms with Crippen molar-refractivity contribution in [2.45, 2.75) is 53.4 Å². The van der Waals surface area contributed by atoms with Gasteiger partial charge < -0.3 is 19.8 Å². The molecule has 0 amide bonds. The van der Waals surface area contributed by atoms with Crippen LogP contribution >= 0.6 is 0 Å². The van der Waals surface area contributed by atoms with Crippen molar-refractivity contribution in [3.8, 4) is 56.2 Å². The lowest BCUT2D eigenvalue weighted by molar-refractivity contribution is 0.400. The molecule has 0 aliphatic rings. The van der Waals surface area contributed by atoms with Crippen LogP contribution in [-0.4, -0.2) is 96.4 Å². The van der Waals surface area contributed by atoms with Crippen molar-refractivity contribution < 1.29 is 8.78 Å². The van der Waals surface area contributed by atoms with E-state index in [9.17, 15) is 8.78 Å². The third-order valence-electron chi connectivity index (χ3n) is 13.7. The SMILES string of the molecule is C=c1[nH]nc(-c2cc3c(-c4cc(F)cc(CCCN(C)C)c4)cccc3[nH]2)/c1=C/C(=C\C)c1ccncc1.CC.Cc1cncc(-c2cnc3n[nH]c(-c4cc5c(-c6cc(F)cc(CCCN(C)C)c6)cccc5[nH]4)c3c2)c1. The van der Waals surface area contributed by atoms with Crippen LogP contribution in [0.4, 0.5) is 8.78 Å². The van der Waals surface area contributed by atoms with Gasteiger partial charge in [-0.3, -0.25) is 20.2 Å². The predicted molar refractivity (Wildman–Crippen MR) is 318 cm³/mol. The van der Waals surface area contributed by atoms with E-state index in [0.29, 0.717) is 5.65 Å². The van der Waals surface area contributed by atoms with Gasteiger partial charge in [-0.25, -0.2) is 13.8 Å². The number of hydrogen-bond donors (Lipinski definition) is 4. The van der Waals surface area contributed by atoms with Gasteiger partial charge in [0.25, 0.3) is 0 Å². The maximum absolute atomic E-state index is 14.7. The van der Waals surface area contributed by atoms with Gasteiger partial charge in [0.2, 0.25) is 0 Å². The Kier molecular flexibility index (Phi) is 17.1. The van der Waals surface area contributed by atoms with Crippen LogP contribution in [0.2, 0.25) is 0 Å². The lowest BCUT2D eigenvalue weighted by Gasteiger charge is -2.11. The summed E-state index contributed by atoms with van der Waals surface area (Å²) in [4.78, 5) is 24.4. The molecule has 78 heavy (non-hydrogen) atoms. The molecular formula is C65H67F2N11. The van der Waals surface area contributed by atoms with Crippen LogP contribution in [0.5, 0.6) is 0 Å². The number of halogens is 2. The van der Waals surface area contributed by atoms with Crippen molar-refractivity contribution in [1.29, 1.82) is 0 Å². The number of aromatic amines is 4. The second-order valence-electron chi connectivity index (χ2n) is 19.9. The van der Waals surface area contributed by atoms with Crippen molar-refractivity contribution >= 4 is 51.1 Å². The maximum Gasteiger partial charge on any atom is 0.181 e. The molecular weight excluding hydrogens is 973 g/mol. The number of fused-ring (bicyclic) bond motifs is 3. The summed E-state index contributed by atoms with van der Waals surface area (Å²) in [5.74, 6) is -0.421. The number of nitrogens with zero attached hydrogens (tertiary/aromatic N) is 7. The largest absolute Gasteiger partial charge is 0.353 e. The Bertz CT molecular complexity index is 3990. The van der Waals surface area contributed by atoms with E-state index in [1.807, 2.05) is 94.8 Å². The standard InChI is InChI=1S/C32H32FN5.C31H29FN6.C2H6/c1-5-23(24-11-13-34-14-12-24)19-28-21(2)36-37-32(28)31-20-29-27(9-6-10-30(29)35-31)25-16-22(17-26(33)18-25)8-7-15-38(3)4;1-19-10-22(17-33-16-19)23-14-27-30(36-37-31(27)34-18-23)29-15-26-25(7-4-8-28(26)35-29)21-11-20(12-24(32)13-21)6-5-9-38(2)3;1-2/h5-6,9-14,16-20,35-36H,2,7-8,15H2,1,3-4H3;4,7-8,10-18,35H,5-6,9H2,1-3H3,(H,34,36,37);1-2H3/b23-5+,28-19+;;. The molecule has 0 unspecified atom stereocenters. The molecule has 11 nitrogen and oxygen atoms in total. The summed E-state index contributed by atoms with van der Waals surface area (Å²) in [6.07, 6.45) is 16.9. The van der Waals surface area contributed by atoms with Gasteiger partial charge in [-0.05, 0) is 210 Å². The Labute approximate surface area is 454 Å². The molecule has 0 fully saturated rings. The fraction of sp³-hybridized carbons (Fsp3) is 0.215. The van der Waals surface area contributed by atoms with E-state index < -0.39 is 0 Å². The summed E-state index contributed by atoms with van der Waals surface area (Å²) in [6, 6.07) is 35.3. The van der Waals surface area contributed by atoms with Crippen LogP contribution in [-0.2, 0) is 12.8 Å². The zero-order valence-corrected chi connectivity index (χ0v) is 45.8. The average molecular weight is 1040 g/mol. The van der Waals surface area contributed by atoms with Gasteiger partial charge in [0.05, 0.1) is 22.4 Å². The van der Waals surface area contributed by atoms with E-state index in [4.69, 9.17) is 0 Å². The fourth-order valence-corrected chi connectivity index (χ4v) is 9.93. The van der Waals surface area contributed by atoms with E-state index in [1.165, 1.54) is 0 Å².